The maximum atomic E-state index is 12.8. The summed E-state index contributed by atoms with van der Waals surface area (Å²) in [6.07, 6.45) is 3.09. The molecule has 3 rings (SSSR count). The number of hydrogen-bond donors (Lipinski definition) is 1. The van der Waals surface area contributed by atoms with Gasteiger partial charge in [0.2, 0.25) is 5.91 Å². The SMILES string of the molecule is Cn1ccc(NC(=O)C2CCCN2C(=O)c2cc(Cl)ccc2Cl)n1. The van der Waals surface area contributed by atoms with Crippen LogP contribution in [0.25, 0.3) is 0 Å². The van der Waals surface area contributed by atoms with Crippen molar-refractivity contribution in [3.05, 3.63) is 46.1 Å². The van der Waals surface area contributed by atoms with Gasteiger partial charge in [-0.15, -0.1) is 0 Å². The lowest BCUT2D eigenvalue weighted by molar-refractivity contribution is -0.119. The van der Waals surface area contributed by atoms with E-state index < -0.39 is 6.04 Å². The molecule has 2 amide bonds. The molecule has 1 fully saturated rings. The largest absolute Gasteiger partial charge is 0.327 e. The summed E-state index contributed by atoms with van der Waals surface area (Å²) in [7, 11) is 1.77. The predicted octanol–water partition coefficient (Wildman–Crippen LogP) is 2.97. The first-order valence-corrected chi connectivity index (χ1v) is 8.28. The standard InChI is InChI=1S/C16H16Cl2N4O2/c1-21-8-6-14(20-21)19-15(23)13-3-2-7-22(13)16(24)11-9-10(17)4-5-12(11)18/h4-6,8-9,13H,2-3,7H2,1H3,(H,19,20,23). The summed E-state index contributed by atoms with van der Waals surface area (Å²) in [5, 5.41) is 7.61. The fourth-order valence-electron chi connectivity index (χ4n) is 2.79. The van der Waals surface area contributed by atoms with E-state index in [0.29, 0.717) is 34.4 Å². The molecule has 24 heavy (non-hydrogen) atoms. The van der Waals surface area contributed by atoms with Gasteiger partial charge in [0.15, 0.2) is 5.82 Å². The molecule has 8 heteroatoms. The number of nitrogens with one attached hydrogen (secondary N) is 1. The number of carbonyl (C=O) groups is 2. The van der Waals surface area contributed by atoms with Gasteiger partial charge in [-0.1, -0.05) is 23.2 Å². The van der Waals surface area contributed by atoms with E-state index in [1.54, 1.807) is 36.1 Å². The molecule has 0 bridgehead atoms. The molecule has 2 aromatic rings. The van der Waals surface area contributed by atoms with Crippen LogP contribution >= 0.6 is 23.2 Å². The van der Waals surface area contributed by atoms with Crippen LogP contribution in [-0.2, 0) is 11.8 Å². The fraction of sp³-hybridized carbons (Fsp3) is 0.312. The summed E-state index contributed by atoms with van der Waals surface area (Å²) in [6.45, 7) is 0.502. The molecule has 1 aromatic carbocycles. The number of anilines is 1. The van der Waals surface area contributed by atoms with Crippen LogP contribution in [0.15, 0.2) is 30.5 Å². The van der Waals surface area contributed by atoms with Crippen LogP contribution in [0.5, 0.6) is 0 Å². The number of aryl methyl sites for hydroxylation is 1. The molecule has 1 aliphatic rings. The van der Waals surface area contributed by atoms with E-state index in [4.69, 9.17) is 23.2 Å². The van der Waals surface area contributed by atoms with E-state index in [9.17, 15) is 9.59 Å². The van der Waals surface area contributed by atoms with Crippen molar-refractivity contribution in [3.63, 3.8) is 0 Å². The van der Waals surface area contributed by atoms with E-state index in [0.717, 1.165) is 6.42 Å². The number of likely N-dealkylation sites (tertiary alicyclic amines) is 1. The molecule has 1 aromatic heterocycles. The molecule has 1 N–H and O–H groups in total. The van der Waals surface area contributed by atoms with E-state index in [2.05, 4.69) is 10.4 Å². The predicted molar refractivity (Wildman–Crippen MR) is 92.4 cm³/mol. The van der Waals surface area contributed by atoms with Crippen molar-refractivity contribution in [2.45, 2.75) is 18.9 Å². The zero-order valence-electron chi connectivity index (χ0n) is 13.0. The molecule has 0 spiro atoms. The second kappa shape index (κ2) is 6.83. The first kappa shape index (κ1) is 16.8. The highest BCUT2D eigenvalue weighted by Gasteiger charge is 2.35. The van der Waals surface area contributed by atoms with Gasteiger partial charge < -0.3 is 10.2 Å². The summed E-state index contributed by atoms with van der Waals surface area (Å²) in [4.78, 5) is 26.8. The van der Waals surface area contributed by atoms with Crippen molar-refractivity contribution in [3.8, 4) is 0 Å². The van der Waals surface area contributed by atoms with E-state index >= 15 is 0 Å². The van der Waals surface area contributed by atoms with Crippen molar-refractivity contribution in [2.24, 2.45) is 7.05 Å². The van der Waals surface area contributed by atoms with Crippen LogP contribution in [-0.4, -0.2) is 39.1 Å². The highest BCUT2D eigenvalue weighted by Crippen LogP contribution is 2.26. The summed E-state index contributed by atoms with van der Waals surface area (Å²) < 4.78 is 1.60. The van der Waals surface area contributed by atoms with Crippen LogP contribution in [0, 0.1) is 0 Å². The summed E-state index contributed by atoms with van der Waals surface area (Å²) in [5.41, 5.74) is 0.307. The topological polar surface area (TPSA) is 67.2 Å². The Morgan fingerprint density at radius 2 is 2.08 bits per heavy atom. The molecule has 126 valence electrons. The highest BCUT2D eigenvalue weighted by molar-refractivity contribution is 6.35. The van der Waals surface area contributed by atoms with Gasteiger partial charge in [0.1, 0.15) is 6.04 Å². The molecule has 6 nitrogen and oxygen atoms in total. The normalized spacial score (nSPS) is 17.1. The number of benzene rings is 1. The molecule has 0 saturated carbocycles. The number of amides is 2. The van der Waals surface area contributed by atoms with Crippen molar-refractivity contribution >= 4 is 40.8 Å². The Kier molecular flexibility index (Phi) is 4.78. The van der Waals surface area contributed by atoms with Crippen molar-refractivity contribution < 1.29 is 9.59 Å². The van der Waals surface area contributed by atoms with Gasteiger partial charge in [-0.2, -0.15) is 5.10 Å². The number of halogens is 2. The third-order valence-corrected chi connectivity index (χ3v) is 4.50. The minimum absolute atomic E-state index is 0.252. The van der Waals surface area contributed by atoms with Crippen molar-refractivity contribution in [1.82, 2.24) is 14.7 Å². The lowest BCUT2D eigenvalue weighted by Gasteiger charge is -2.24. The molecular weight excluding hydrogens is 351 g/mol. The second-order valence-corrected chi connectivity index (χ2v) is 6.49. The zero-order chi connectivity index (χ0) is 17.3. The molecule has 1 saturated heterocycles. The Labute approximate surface area is 149 Å². The smallest absolute Gasteiger partial charge is 0.256 e. The first-order valence-electron chi connectivity index (χ1n) is 7.52. The minimum atomic E-state index is -0.547. The van der Waals surface area contributed by atoms with Gasteiger partial charge in [-0.3, -0.25) is 14.3 Å². The van der Waals surface area contributed by atoms with Crippen LogP contribution in [0.1, 0.15) is 23.2 Å². The molecular formula is C16H16Cl2N4O2. The van der Waals surface area contributed by atoms with Crippen LogP contribution in [0.2, 0.25) is 10.0 Å². The lowest BCUT2D eigenvalue weighted by atomic mass is 10.1. The highest BCUT2D eigenvalue weighted by atomic mass is 35.5. The van der Waals surface area contributed by atoms with Crippen molar-refractivity contribution in [1.29, 1.82) is 0 Å². The number of carbonyl (C=O) groups excluding carboxylic acids is 2. The second-order valence-electron chi connectivity index (χ2n) is 5.64. The Balaban J connectivity index is 1.78. The molecule has 1 unspecified atom stereocenters. The maximum absolute atomic E-state index is 12.8. The lowest BCUT2D eigenvalue weighted by Crippen LogP contribution is -2.43. The third kappa shape index (κ3) is 3.39. The van der Waals surface area contributed by atoms with Crippen LogP contribution < -0.4 is 5.32 Å². The minimum Gasteiger partial charge on any atom is -0.327 e. The Hall–Kier alpha value is -2.05. The summed E-state index contributed by atoms with van der Waals surface area (Å²) in [5.74, 6) is -0.0820. The third-order valence-electron chi connectivity index (χ3n) is 3.94. The van der Waals surface area contributed by atoms with Gasteiger partial charge in [-0.05, 0) is 31.0 Å². The van der Waals surface area contributed by atoms with Crippen LogP contribution in [0.3, 0.4) is 0 Å². The van der Waals surface area contributed by atoms with E-state index in [1.807, 2.05) is 0 Å². The Morgan fingerprint density at radius 1 is 1.29 bits per heavy atom. The van der Waals surface area contributed by atoms with Gasteiger partial charge in [-0.25, -0.2) is 0 Å². The monoisotopic (exact) mass is 366 g/mol. The van der Waals surface area contributed by atoms with Gasteiger partial charge in [0.05, 0.1) is 10.6 Å². The number of rotatable bonds is 3. The van der Waals surface area contributed by atoms with Crippen molar-refractivity contribution in [2.75, 3.05) is 11.9 Å². The first-order chi connectivity index (χ1) is 11.5. The average molecular weight is 367 g/mol. The molecule has 1 aliphatic heterocycles. The molecule has 2 heterocycles. The zero-order valence-corrected chi connectivity index (χ0v) is 14.5. The fourth-order valence-corrected chi connectivity index (χ4v) is 3.16. The van der Waals surface area contributed by atoms with E-state index in [1.165, 1.54) is 11.0 Å². The summed E-state index contributed by atoms with van der Waals surface area (Å²) >= 11 is 12.1. The Morgan fingerprint density at radius 3 is 2.79 bits per heavy atom. The molecule has 1 atom stereocenters. The quantitative estimate of drug-likeness (QED) is 0.907. The number of hydrogen-bond acceptors (Lipinski definition) is 3. The Bertz CT molecular complexity index is 790. The number of aromatic nitrogens is 2. The number of nitrogens with zero attached hydrogens (tertiary/aromatic N) is 3. The van der Waals surface area contributed by atoms with Crippen LogP contribution in [0.4, 0.5) is 5.82 Å². The van der Waals surface area contributed by atoms with E-state index in [-0.39, 0.29) is 11.8 Å². The molecule has 0 radical (unpaired) electrons. The molecule has 0 aliphatic carbocycles. The maximum Gasteiger partial charge on any atom is 0.256 e. The van der Waals surface area contributed by atoms with Gasteiger partial charge in [0, 0.05) is 30.9 Å². The average Bonchev–Trinajstić information content (AvgIpc) is 3.18. The van der Waals surface area contributed by atoms with Gasteiger partial charge in [0.25, 0.3) is 5.91 Å². The summed E-state index contributed by atoms with van der Waals surface area (Å²) in [6, 6.07) is 5.88. The van der Waals surface area contributed by atoms with Gasteiger partial charge >= 0.3 is 0 Å².